The maximum atomic E-state index is 14.4. The highest BCUT2D eigenvalue weighted by Gasteiger charge is 2.20. The van der Waals surface area contributed by atoms with Gasteiger partial charge in [0.05, 0.1) is 10.5 Å². The van der Waals surface area contributed by atoms with Crippen molar-refractivity contribution in [3.05, 3.63) is 89.0 Å². The lowest BCUT2D eigenvalue weighted by atomic mass is 10.0. The molecule has 0 spiro atoms. The number of anilines is 1. The first kappa shape index (κ1) is 19.1. The number of hydrogen-bond donors (Lipinski definition) is 2. The molecule has 2 aromatic heterocycles. The Hall–Kier alpha value is -3.23. The van der Waals surface area contributed by atoms with Crippen molar-refractivity contribution < 1.29 is 17.6 Å². The zero-order valence-corrected chi connectivity index (χ0v) is 16.3. The highest BCUT2D eigenvalue weighted by atomic mass is 35.5. The molecule has 0 atom stereocenters. The minimum absolute atomic E-state index is 0.0488. The van der Waals surface area contributed by atoms with E-state index in [1.165, 1.54) is 30.5 Å². The molecule has 0 radical (unpaired) electrons. The highest BCUT2D eigenvalue weighted by Crippen LogP contribution is 2.25. The average Bonchev–Trinajstić information content (AvgIpc) is 3.13. The van der Waals surface area contributed by atoms with E-state index >= 15 is 0 Å². The SMILES string of the molecule is O=C(c1cc(NS(=O)(=O)c2cccc(Cl)c2)ccc1F)c1c[nH]c2ncccc12. The van der Waals surface area contributed by atoms with Crippen molar-refractivity contribution in [1.82, 2.24) is 9.97 Å². The van der Waals surface area contributed by atoms with Crippen molar-refractivity contribution >= 4 is 44.1 Å². The van der Waals surface area contributed by atoms with Gasteiger partial charge < -0.3 is 4.98 Å². The molecule has 146 valence electrons. The third-order valence-electron chi connectivity index (χ3n) is 4.27. The maximum absolute atomic E-state index is 14.4. The van der Waals surface area contributed by atoms with Crippen molar-refractivity contribution in [2.45, 2.75) is 4.90 Å². The Kier molecular flexibility index (Phi) is 4.81. The van der Waals surface area contributed by atoms with Crippen molar-refractivity contribution in [2.75, 3.05) is 4.72 Å². The van der Waals surface area contributed by atoms with Crippen LogP contribution in [0.5, 0.6) is 0 Å². The summed E-state index contributed by atoms with van der Waals surface area (Å²) in [4.78, 5) is 19.8. The number of nitrogens with zero attached hydrogens (tertiary/aromatic N) is 1. The van der Waals surface area contributed by atoms with Crippen LogP contribution in [0.2, 0.25) is 5.02 Å². The molecule has 0 saturated heterocycles. The Labute approximate surface area is 170 Å². The van der Waals surface area contributed by atoms with Gasteiger partial charge in [0.1, 0.15) is 11.5 Å². The molecule has 9 heteroatoms. The normalized spacial score (nSPS) is 11.5. The zero-order valence-electron chi connectivity index (χ0n) is 14.7. The summed E-state index contributed by atoms with van der Waals surface area (Å²) in [5.41, 5.74) is 0.518. The number of rotatable bonds is 5. The Morgan fingerprint density at radius 3 is 2.69 bits per heavy atom. The van der Waals surface area contributed by atoms with Gasteiger partial charge in [-0.3, -0.25) is 9.52 Å². The summed E-state index contributed by atoms with van der Waals surface area (Å²) in [5, 5.41) is 0.803. The molecule has 4 rings (SSSR count). The Balaban J connectivity index is 1.70. The van der Waals surface area contributed by atoms with Crippen LogP contribution < -0.4 is 4.72 Å². The summed E-state index contributed by atoms with van der Waals surface area (Å²) in [6.45, 7) is 0. The second kappa shape index (κ2) is 7.31. The molecule has 6 nitrogen and oxygen atoms in total. The van der Waals surface area contributed by atoms with Crippen LogP contribution in [0.3, 0.4) is 0 Å². The van der Waals surface area contributed by atoms with E-state index in [4.69, 9.17) is 11.6 Å². The van der Waals surface area contributed by atoms with E-state index in [9.17, 15) is 17.6 Å². The number of pyridine rings is 1. The van der Waals surface area contributed by atoms with Crippen LogP contribution in [-0.2, 0) is 10.0 Å². The van der Waals surface area contributed by atoms with Crippen molar-refractivity contribution in [1.29, 1.82) is 0 Å². The molecule has 0 fully saturated rings. The zero-order chi connectivity index (χ0) is 20.6. The molecule has 0 unspecified atom stereocenters. The molecular formula is C20H13ClFN3O3S. The first-order valence-electron chi connectivity index (χ1n) is 8.40. The second-order valence-electron chi connectivity index (χ2n) is 6.19. The van der Waals surface area contributed by atoms with Crippen molar-refractivity contribution in [3.8, 4) is 0 Å². The molecule has 0 saturated carbocycles. The molecule has 2 aromatic carbocycles. The van der Waals surface area contributed by atoms with Crippen LogP contribution in [0, 0.1) is 5.82 Å². The van der Waals surface area contributed by atoms with E-state index in [0.717, 1.165) is 12.1 Å². The van der Waals surface area contributed by atoms with Crippen LogP contribution in [0.4, 0.5) is 10.1 Å². The van der Waals surface area contributed by atoms with Gasteiger partial charge in [-0.05, 0) is 48.5 Å². The maximum Gasteiger partial charge on any atom is 0.261 e. The first-order chi connectivity index (χ1) is 13.8. The fourth-order valence-corrected chi connectivity index (χ4v) is 4.25. The number of benzene rings is 2. The molecule has 0 bridgehead atoms. The van der Waals surface area contributed by atoms with Gasteiger partial charge in [-0.1, -0.05) is 17.7 Å². The first-order valence-corrected chi connectivity index (χ1v) is 10.3. The van der Waals surface area contributed by atoms with E-state index in [0.29, 0.717) is 11.0 Å². The van der Waals surface area contributed by atoms with Crippen LogP contribution in [0.1, 0.15) is 15.9 Å². The van der Waals surface area contributed by atoms with Crippen LogP contribution >= 0.6 is 11.6 Å². The van der Waals surface area contributed by atoms with Gasteiger partial charge in [0.2, 0.25) is 0 Å². The fraction of sp³-hybridized carbons (Fsp3) is 0. The number of aromatic amines is 1. The van der Waals surface area contributed by atoms with E-state index in [1.807, 2.05) is 0 Å². The molecule has 4 aromatic rings. The van der Waals surface area contributed by atoms with E-state index in [2.05, 4.69) is 14.7 Å². The number of sulfonamides is 1. The summed E-state index contributed by atoms with van der Waals surface area (Å²) in [6, 6.07) is 12.5. The minimum atomic E-state index is -3.96. The smallest absolute Gasteiger partial charge is 0.261 e. The standard InChI is InChI=1S/C20H13ClFN3O3S/c21-12-3-1-4-14(9-12)29(27,28)25-13-6-7-18(22)16(10-13)19(26)17-11-24-20-15(17)5-2-8-23-20/h1-11,25H,(H,23,24). The number of hydrogen-bond acceptors (Lipinski definition) is 4. The topological polar surface area (TPSA) is 91.9 Å². The fourth-order valence-electron chi connectivity index (χ4n) is 2.90. The Morgan fingerprint density at radius 1 is 1.07 bits per heavy atom. The number of aromatic nitrogens is 2. The van der Waals surface area contributed by atoms with Gasteiger partial charge >= 0.3 is 0 Å². The summed E-state index contributed by atoms with van der Waals surface area (Å²) >= 11 is 5.85. The molecule has 29 heavy (non-hydrogen) atoms. The molecule has 0 aliphatic heterocycles. The number of nitrogens with one attached hydrogen (secondary N) is 2. The highest BCUT2D eigenvalue weighted by molar-refractivity contribution is 7.92. The quantitative estimate of drug-likeness (QED) is 0.460. The molecule has 2 heterocycles. The third kappa shape index (κ3) is 3.72. The van der Waals surface area contributed by atoms with Crippen LogP contribution in [-0.4, -0.2) is 24.2 Å². The molecular weight excluding hydrogens is 417 g/mol. The van der Waals surface area contributed by atoms with E-state index < -0.39 is 21.6 Å². The number of H-pyrrole nitrogens is 1. The largest absolute Gasteiger partial charge is 0.345 e. The molecule has 0 aliphatic rings. The van der Waals surface area contributed by atoms with Gasteiger partial charge in [-0.15, -0.1) is 0 Å². The van der Waals surface area contributed by atoms with Crippen molar-refractivity contribution in [3.63, 3.8) is 0 Å². The molecule has 0 amide bonds. The predicted octanol–water partition coefficient (Wildman–Crippen LogP) is 4.39. The number of halogens is 2. The van der Waals surface area contributed by atoms with Gasteiger partial charge in [-0.2, -0.15) is 0 Å². The van der Waals surface area contributed by atoms with E-state index in [1.54, 1.807) is 24.4 Å². The number of fused-ring (bicyclic) bond motifs is 1. The number of carbonyl (C=O) groups excluding carboxylic acids is 1. The molecule has 0 aliphatic carbocycles. The minimum Gasteiger partial charge on any atom is -0.345 e. The lowest BCUT2D eigenvalue weighted by Crippen LogP contribution is -2.14. The summed E-state index contributed by atoms with van der Waals surface area (Å²) < 4.78 is 41.8. The average molecular weight is 430 g/mol. The monoisotopic (exact) mass is 429 g/mol. The lowest BCUT2D eigenvalue weighted by molar-refractivity contribution is 0.103. The van der Waals surface area contributed by atoms with Gasteiger partial charge in [-0.25, -0.2) is 17.8 Å². The number of carbonyl (C=O) groups is 1. The van der Waals surface area contributed by atoms with Gasteiger partial charge in [0.25, 0.3) is 10.0 Å². The third-order valence-corrected chi connectivity index (χ3v) is 5.88. The second-order valence-corrected chi connectivity index (χ2v) is 8.31. The van der Waals surface area contributed by atoms with Gasteiger partial charge in [0, 0.05) is 34.1 Å². The van der Waals surface area contributed by atoms with Crippen LogP contribution in [0.15, 0.2) is 71.9 Å². The van der Waals surface area contributed by atoms with Crippen molar-refractivity contribution in [2.24, 2.45) is 0 Å². The lowest BCUT2D eigenvalue weighted by Gasteiger charge is -2.10. The summed E-state index contributed by atoms with van der Waals surface area (Å²) in [7, 11) is -3.96. The number of ketones is 1. The molecule has 2 N–H and O–H groups in total. The van der Waals surface area contributed by atoms with Gasteiger partial charge in [0.15, 0.2) is 5.78 Å². The summed E-state index contributed by atoms with van der Waals surface area (Å²) in [6.07, 6.45) is 3.02. The summed E-state index contributed by atoms with van der Waals surface area (Å²) in [5.74, 6) is -1.36. The Bertz CT molecular complexity index is 1350. The van der Waals surface area contributed by atoms with E-state index in [-0.39, 0.29) is 26.7 Å². The Morgan fingerprint density at radius 2 is 1.90 bits per heavy atom. The van der Waals surface area contributed by atoms with Crippen LogP contribution in [0.25, 0.3) is 11.0 Å². The predicted molar refractivity (Wildman–Crippen MR) is 108 cm³/mol.